The van der Waals surface area contributed by atoms with Gasteiger partial charge in [-0.3, -0.25) is 0 Å². The molecule has 0 aliphatic carbocycles. The first-order chi connectivity index (χ1) is 59.8. The van der Waals surface area contributed by atoms with Gasteiger partial charge in [-0.1, -0.05) is 315 Å². The van der Waals surface area contributed by atoms with Gasteiger partial charge in [-0.05, 0) is 209 Å². The lowest BCUT2D eigenvalue weighted by molar-refractivity contribution is 0.669. The Bertz CT molecular complexity index is 8510. The average molecular weight is 1370 g/mol. The molecule has 0 aliphatic heterocycles. The number of hydrogen-bond donors (Lipinski definition) is 0. The van der Waals surface area contributed by atoms with E-state index in [0.717, 1.165) is 109 Å². The van der Waals surface area contributed by atoms with Crippen molar-refractivity contribution in [3.63, 3.8) is 0 Å². The molecule has 3 aromatic heterocycles. The summed E-state index contributed by atoms with van der Waals surface area (Å²) in [6.07, 6.45) is 0. The molecule has 0 fully saturated rings. The maximum atomic E-state index is 9.57. The zero-order valence-corrected chi connectivity index (χ0v) is 56.9. The summed E-state index contributed by atoms with van der Waals surface area (Å²) in [6, 6.07) is 87.8. The first-order valence-electron chi connectivity index (χ1n) is 43.6. The number of aromatic nitrogens is 1. The largest absolute Gasteiger partial charge is 0.455 e. The summed E-state index contributed by atoms with van der Waals surface area (Å²) in [4.78, 5) is 0. The van der Waals surface area contributed by atoms with Crippen LogP contribution in [-0.4, -0.2) is 4.57 Å². The minimum atomic E-state index is -0.444. The van der Waals surface area contributed by atoms with E-state index in [0.29, 0.717) is 66.7 Å². The van der Waals surface area contributed by atoms with E-state index in [1.165, 1.54) is 0 Å². The van der Waals surface area contributed by atoms with Crippen molar-refractivity contribution in [1.29, 1.82) is 0 Å². The summed E-state index contributed by atoms with van der Waals surface area (Å²) < 4.78 is 163. The van der Waals surface area contributed by atoms with E-state index in [1.807, 2.05) is 194 Å². The molecule has 496 valence electrons. The van der Waals surface area contributed by atoms with Crippen LogP contribution in [0.2, 0.25) is 0 Å². The van der Waals surface area contributed by atoms with Gasteiger partial charge in [0.25, 0.3) is 0 Å². The third-order valence-corrected chi connectivity index (χ3v) is 21.5. The summed E-state index contributed by atoms with van der Waals surface area (Å²) in [5, 5.41) is 14.5. The molecule has 20 aromatic carbocycles. The topological polar surface area (TPSA) is 31.2 Å². The lowest BCUT2D eigenvalue weighted by atomic mass is 9.83. The monoisotopic (exact) mass is 1370 g/mol. The van der Waals surface area contributed by atoms with Crippen molar-refractivity contribution in [3.05, 3.63) is 382 Å². The smallest absolute Gasteiger partial charge is 0.143 e. The summed E-state index contributed by atoms with van der Waals surface area (Å²) in [6.45, 7) is 0. The van der Waals surface area contributed by atoms with E-state index in [9.17, 15) is 11.0 Å². The number of hydrogen-bond acceptors (Lipinski definition) is 2. The first-order valence-corrected chi connectivity index (χ1v) is 35.6. The zero-order chi connectivity index (χ0) is 84.1. The van der Waals surface area contributed by atoms with Gasteiger partial charge in [0.05, 0.1) is 33.0 Å². The van der Waals surface area contributed by atoms with Gasteiger partial charge in [0, 0.05) is 49.1 Å². The Morgan fingerprint density at radius 1 is 0.215 bits per heavy atom. The van der Waals surface area contributed by atoms with Crippen molar-refractivity contribution in [2.45, 2.75) is 0 Å². The van der Waals surface area contributed by atoms with Crippen molar-refractivity contribution in [1.82, 2.24) is 4.57 Å². The van der Waals surface area contributed by atoms with Crippen molar-refractivity contribution in [2.24, 2.45) is 0 Å². The van der Waals surface area contributed by atoms with Crippen molar-refractivity contribution in [2.75, 3.05) is 0 Å². The van der Waals surface area contributed by atoms with Crippen LogP contribution in [0.3, 0.4) is 0 Å². The molecule has 3 nitrogen and oxygen atoms in total. The fourth-order valence-electron chi connectivity index (χ4n) is 16.9. The van der Waals surface area contributed by atoms with E-state index < -0.39 is 48.3 Å². The SMILES string of the molecule is [2H]c1c([2H])c([2H])c2c(-c3ccc(-c4cc5ccccc5c5ccccc45)c4oc5ccccc5c34)c3c([2H])c([2H])c([2H])c([2H])c3c(-c3ccc4ccccc4c3)c2c1[2H].[2H]c1c([2H])c([2H])c2c(-c3ccc4oc5c(-c6cccc7c6c6ccccc6n7-c6ccccc6)cccc5c4c3)c3c([2H])c([2H])c([2H])c([2H])c3c(-c3ccc4ccccc4c3)c2c1[2H]. The number of rotatable bonds is 7. The molecule has 0 amide bonds. The third-order valence-electron chi connectivity index (χ3n) is 21.5. The minimum Gasteiger partial charge on any atom is -0.455 e. The van der Waals surface area contributed by atoms with Crippen LogP contribution in [0, 0.1) is 0 Å². The standard InChI is InChI=1S/C54H33NO.C50H30O/c1-2-16-38(17-3-1)55-48-26-11-10-22-46(48)53-43(23-13-27-49(53)55)44-24-12-25-45-47-33-37(30-31-50(47)56-54(44)45)52-41-20-8-6-18-39(41)51(40-19-7-9-21-42(40)52)36-29-28-34-14-4-5-15-35(34)32-36;1-2-14-32-29-34(26-25-31(32)13-1)47-38-19-7-9-21-40(38)48(41-22-10-8-20-39(41)47)44-28-27-42(50-49(44)43-23-11-12-24-46(43)51-50)45-30-33-15-3-4-16-35(33)36-17-5-6-18-37(36)45/h1-33H;1-30H/i6D,7D,8D,9D,18D,19D,20D,21D;7D,8D,9D,10D,19D,20D,21D,22D. The molecule has 0 saturated heterocycles. The van der Waals surface area contributed by atoms with Crippen LogP contribution in [0.25, 0.3) is 224 Å². The maximum Gasteiger partial charge on any atom is 0.143 e. The van der Waals surface area contributed by atoms with Crippen LogP contribution in [-0.2, 0) is 0 Å². The molecule has 0 unspecified atom stereocenters. The number of nitrogens with zero attached hydrogens (tertiary/aromatic N) is 1. The molecule has 3 heterocycles. The third kappa shape index (κ3) is 9.48. The average Bonchev–Trinajstić information content (AvgIpc) is 1.20. The molecule has 23 rings (SSSR count). The first kappa shape index (κ1) is 46.5. The van der Waals surface area contributed by atoms with E-state index in [1.54, 1.807) is 0 Å². The highest BCUT2D eigenvalue weighted by atomic mass is 16.3. The molecular formula is C104H63NO2. The highest BCUT2D eigenvalue weighted by Gasteiger charge is 2.26. The number of benzene rings is 20. The van der Waals surface area contributed by atoms with Gasteiger partial charge in [-0.15, -0.1) is 0 Å². The molecule has 0 bridgehead atoms. The van der Waals surface area contributed by atoms with E-state index in [4.69, 9.17) is 19.8 Å². The summed E-state index contributed by atoms with van der Waals surface area (Å²) in [5.74, 6) is 0. The van der Waals surface area contributed by atoms with E-state index in [2.05, 4.69) is 95.6 Å². The molecule has 107 heavy (non-hydrogen) atoms. The molecular weight excluding hydrogens is 1300 g/mol. The lowest BCUT2D eigenvalue weighted by Gasteiger charge is -2.19. The quantitative estimate of drug-likeness (QED) is 0.118. The van der Waals surface area contributed by atoms with E-state index in [-0.39, 0.29) is 97.0 Å². The summed E-state index contributed by atoms with van der Waals surface area (Å²) >= 11 is 0. The summed E-state index contributed by atoms with van der Waals surface area (Å²) in [5.41, 5.74) is 12.7. The van der Waals surface area contributed by atoms with Gasteiger partial charge in [0.2, 0.25) is 0 Å². The normalized spacial score (nSPS) is 14.0. The number of furan rings is 2. The van der Waals surface area contributed by atoms with Crippen LogP contribution in [0.5, 0.6) is 0 Å². The van der Waals surface area contributed by atoms with Crippen molar-refractivity contribution in [3.8, 4) is 72.4 Å². The van der Waals surface area contributed by atoms with Gasteiger partial charge in [-0.25, -0.2) is 0 Å². The maximum absolute atomic E-state index is 9.57. The predicted molar refractivity (Wildman–Crippen MR) is 454 cm³/mol. The van der Waals surface area contributed by atoms with E-state index >= 15 is 0 Å². The Balaban J connectivity index is 0.000000147. The highest BCUT2D eigenvalue weighted by molar-refractivity contribution is 6.29. The van der Waals surface area contributed by atoms with Gasteiger partial charge in [-0.2, -0.15) is 0 Å². The minimum absolute atomic E-state index is 0.159. The van der Waals surface area contributed by atoms with Crippen LogP contribution in [0.4, 0.5) is 0 Å². The fraction of sp³-hybridized carbons (Fsp3) is 0. The zero-order valence-electron chi connectivity index (χ0n) is 72.9. The van der Waals surface area contributed by atoms with Crippen LogP contribution in [0.15, 0.2) is 391 Å². The second-order valence-electron chi connectivity index (χ2n) is 27.2. The second-order valence-corrected chi connectivity index (χ2v) is 27.2. The molecule has 0 atom stereocenters. The molecule has 0 N–H and O–H groups in total. The van der Waals surface area contributed by atoms with Crippen LogP contribution >= 0.6 is 0 Å². The Morgan fingerprint density at radius 2 is 0.645 bits per heavy atom. The Labute approximate surface area is 638 Å². The van der Waals surface area contributed by atoms with Gasteiger partial charge in [0.1, 0.15) is 22.3 Å². The van der Waals surface area contributed by atoms with Gasteiger partial charge < -0.3 is 13.4 Å². The molecule has 0 radical (unpaired) electrons. The molecule has 0 spiro atoms. The van der Waals surface area contributed by atoms with Crippen molar-refractivity contribution >= 4 is 152 Å². The number of para-hydroxylation sites is 4. The Hall–Kier alpha value is -14.1. The second kappa shape index (κ2) is 24.3. The van der Waals surface area contributed by atoms with Crippen LogP contribution < -0.4 is 0 Å². The van der Waals surface area contributed by atoms with Gasteiger partial charge in [0.15, 0.2) is 0 Å². The Morgan fingerprint density at radius 3 is 1.27 bits per heavy atom. The lowest BCUT2D eigenvalue weighted by Crippen LogP contribution is -1.92. The Kier molecular flexibility index (Phi) is 10.5. The van der Waals surface area contributed by atoms with Crippen LogP contribution in [0.1, 0.15) is 21.9 Å². The van der Waals surface area contributed by atoms with Crippen molar-refractivity contribution < 1.29 is 30.8 Å². The number of fused-ring (bicyclic) bond motifs is 18. The molecule has 0 saturated carbocycles. The predicted octanol–water partition coefficient (Wildman–Crippen LogP) is 29.5. The summed E-state index contributed by atoms with van der Waals surface area (Å²) in [7, 11) is 0. The fourth-order valence-corrected chi connectivity index (χ4v) is 16.9. The molecule has 3 heteroatoms. The van der Waals surface area contributed by atoms with Gasteiger partial charge >= 0.3 is 0 Å². The molecule has 0 aliphatic rings. The molecule has 23 aromatic rings. The highest BCUT2D eigenvalue weighted by Crippen LogP contribution is 2.52.